The zero-order valence-electron chi connectivity index (χ0n) is 9.99. The molecule has 1 aliphatic rings. The summed E-state index contributed by atoms with van der Waals surface area (Å²) in [6.45, 7) is 0. The quantitative estimate of drug-likeness (QED) is 0.906. The van der Waals surface area contributed by atoms with Crippen molar-refractivity contribution in [2.45, 2.75) is 30.6 Å². The number of sulfone groups is 1. The summed E-state index contributed by atoms with van der Waals surface area (Å²) in [6, 6.07) is 5.50. The maximum Gasteiger partial charge on any atom is 0.152 e. The van der Waals surface area contributed by atoms with E-state index in [-0.39, 0.29) is 11.3 Å². The molecular weight excluding hydrogens is 338 g/mol. The average Bonchev–Trinajstić information content (AvgIpc) is 2.72. The molecule has 1 N–H and O–H groups in total. The Labute approximate surface area is 121 Å². The molecule has 2 unspecified atom stereocenters. The Bertz CT molecular complexity index is 547. The van der Waals surface area contributed by atoms with Gasteiger partial charge in [-0.15, -0.1) is 0 Å². The second-order valence-electron chi connectivity index (χ2n) is 4.65. The van der Waals surface area contributed by atoms with E-state index in [9.17, 15) is 8.42 Å². The summed E-state index contributed by atoms with van der Waals surface area (Å²) in [5.41, 5.74) is 0.850. The Morgan fingerprint density at radius 1 is 1.39 bits per heavy atom. The summed E-state index contributed by atoms with van der Waals surface area (Å²) in [5, 5.41) is 3.61. The Kier molecular flexibility index (Phi) is 4.24. The van der Waals surface area contributed by atoms with Gasteiger partial charge in [-0.2, -0.15) is 0 Å². The van der Waals surface area contributed by atoms with E-state index in [0.29, 0.717) is 5.02 Å². The maximum absolute atomic E-state index is 11.7. The summed E-state index contributed by atoms with van der Waals surface area (Å²) in [7, 11) is -3.01. The van der Waals surface area contributed by atoms with Crippen LogP contribution in [0.3, 0.4) is 0 Å². The molecule has 18 heavy (non-hydrogen) atoms. The fraction of sp³-hybridized carbons (Fsp3) is 0.500. The van der Waals surface area contributed by atoms with Crippen LogP contribution in [0.2, 0.25) is 5.02 Å². The highest BCUT2D eigenvalue weighted by atomic mass is 79.9. The minimum absolute atomic E-state index is 0.0326. The summed E-state index contributed by atoms with van der Waals surface area (Å²) in [5.74, 6) is 0. The molecule has 1 aromatic carbocycles. The molecule has 1 saturated carbocycles. The summed E-state index contributed by atoms with van der Waals surface area (Å²) >= 11 is 9.43. The van der Waals surface area contributed by atoms with E-state index >= 15 is 0 Å². The lowest BCUT2D eigenvalue weighted by Crippen LogP contribution is -2.34. The molecule has 1 aromatic rings. The third kappa shape index (κ3) is 3.00. The highest BCUT2D eigenvalue weighted by Crippen LogP contribution is 2.34. The van der Waals surface area contributed by atoms with Gasteiger partial charge in [0.1, 0.15) is 0 Å². The Morgan fingerprint density at radius 3 is 2.78 bits per heavy atom. The summed E-state index contributed by atoms with van der Waals surface area (Å²) in [6.07, 6.45) is 3.85. The van der Waals surface area contributed by atoms with Gasteiger partial charge in [-0.05, 0) is 47.3 Å². The zero-order chi connectivity index (χ0) is 13.3. The Balaban J connectivity index is 2.21. The largest absolute Gasteiger partial charge is 0.380 e. The molecule has 1 fully saturated rings. The summed E-state index contributed by atoms with van der Waals surface area (Å²) < 4.78 is 24.2. The fourth-order valence-electron chi connectivity index (χ4n) is 2.42. The van der Waals surface area contributed by atoms with Gasteiger partial charge in [0.05, 0.1) is 20.4 Å². The van der Waals surface area contributed by atoms with Gasteiger partial charge < -0.3 is 5.32 Å². The first-order valence-electron chi connectivity index (χ1n) is 5.79. The van der Waals surface area contributed by atoms with Crippen LogP contribution in [0.25, 0.3) is 0 Å². The Morgan fingerprint density at radius 2 is 2.11 bits per heavy atom. The normalized spacial score (nSPS) is 24.2. The number of rotatable bonds is 3. The van der Waals surface area contributed by atoms with Crippen molar-refractivity contribution in [1.29, 1.82) is 0 Å². The third-order valence-corrected chi connectivity index (χ3v) is 6.36. The van der Waals surface area contributed by atoms with Crippen molar-refractivity contribution in [1.82, 2.24) is 0 Å². The van der Waals surface area contributed by atoms with Crippen molar-refractivity contribution in [3.8, 4) is 0 Å². The minimum atomic E-state index is -3.01. The molecule has 2 rings (SSSR count). The number of hydrogen-bond acceptors (Lipinski definition) is 3. The molecule has 6 heteroatoms. The van der Waals surface area contributed by atoms with Crippen LogP contribution < -0.4 is 5.32 Å². The van der Waals surface area contributed by atoms with Gasteiger partial charge in [0.15, 0.2) is 9.84 Å². The number of halogens is 2. The molecule has 0 aromatic heterocycles. The highest BCUT2D eigenvalue weighted by molar-refractivity contribution is 9.10. The lowest BCUT2D eigenvalue weighted by molar-refractivity contribution is 0.579. The molecule has 0 bridgehead atoms. The van der Waals surface area contributed by atoms with Crippen LogP contribution in [0.15, 0.2) is 22.7 Å². The number of nitrogens with one attached hydrogen (secondary N) is 1. The zero-order valence-corrected chi connectivity index (χ0v) is 13.1. The number of hydrogen-bond donors (Lipinski definition) is 1. The predicted molar refractivity (Wildman–Crippen MR) is 79.0 cm³/mol. The smallest absolute Gasteiger partial charge is 0.152 e. The van der Waals surface area contributed by atoms with Gasteiger partial charge in [0.2, 0.25) is 0 Å². The van der Waals surface area contributed by atoms with Crippen LogP contribution in [0.5, 0.6) is 0 Å². The van der Waals surface area contributed by atoms with E-state index in [1.807, 2.05) is 12.1 Å². The van der Waals surface area contributed by atoms with Crippen LogP contribution in [-0.4, -0.2) is 26.0 Å². The van der Waals surface area contributed by atoms with Gasteiger partial charge in [-0.25, -0.2) is 8.42 Å². The van der Waals surface area contributed by atoms with Crippen molar-refractivity contribution in [3.05, 3.63) is 27.7 Å². The van der Waals surface area contributed by atoms with Crippen LogP contribution in [-0.2, 0) is 9.84 Å². The topological polar surface area (TPSA) is 46.2 Å². The van der Waals surface area contributed by atoms with Gasteiger partial charge in [0.25, 0.3) is 0 Å². The predicted octanol–water partition coefficient (Wildman–Crippen LogP) is 3.48. The van der Waals surface area contributed by atoms with Gasteiger partial charge in [-0.3, -0.25) is 0 Å². The van der Waals surface area contributed by atoms with Crippen LogP contribution >= 0.6 is 27.5 Å². The number of benzene rings is 1. The highest BCUT2D eigenvalue weighted by Gasteiger charge is 2.34. The third-order valence-electron chi connectivity index (χ3n) is 3.29. The van der Waals surface area contributed by atoms with Crippen molar-refractivity contribution >= 4 is 43.1 Å². The monoisotopic (exact) mass is 351 g/mol. The first-order valence-corrected chi connectivity index (χ1v) is 8.91. The Hall–Kier alpha value is -0.260. The molecule has 0 spiro atoms. The molecule has 0 radical (unpaired) electrons. The molecule has 1 aliphatic carbocycles. The molecule has 3 nitrogen and oxygen atoms in total. The SMILES string of the molecule is CS(=O)(=O)C1CCCC1Nc1cccc(Cl)c1Br. The lowest BCUT2D eigenvalue weighted by Gasteiger charge is -2.21. The van der Waals surface area contributed by atoms with Crippen LogP contribution in [0, 0.1) is 0 Å². The van der Waals surface area contributed by atoms with Crippen molar-refractivity contribution < 1.29 is 8.42 Å². The van der Waals surface area contributed by atoms with E-state index in [4.69, 9.17) is 11.6 Å². The first kappa shape index (κ1) is 14.2. The minimum Gasteiger partial charge on any atom is -0.380 e. The van der Waals surface area contributed by atoms with Gasteiger partial charge in [0, 0.05) is 12.3 Å². The average molecular weight is 353 g/mol. The molecule has 100 valence electrons. The molecule has 0 amide bonds. The molecule has 2 atom stereocenters. The standard InChI is InChI=1S/C12H15BrClNO2S/c1-18(16,17)11-7-3-5-9(11)15-10-6-2-4-8(14)12(10)13/h2,4,6,9,11,15H,3,5,7H2,1H3. The molecular formula is C12H15BrClNO2S. The van der Waals surface area contributed by atoms with E-state index in [1.54, 1.807) is 6.07 Å². The fourth-order valence-corrected chi connectivity index (χ4v) is 4.37. The van der Waals surface area contributed by atoms with E-state index in [1.165, 1.54) is 6.26 Å². The van der Waals surface area contributed by atoms with Crippen molar-refractivity contribution in [2.24, 2.45) is 0 Å². The van der Waals surface area contributed by atoms with E-state index < -0.39 is 9.84 Å². The molecule has 0 heterocycles. The molecule has 0 saturated heterocycles. The van der Waals surface area contributed by atoms with Gasteiger partial charge >= 0.3 is 0 Å². The summed E-state index contributed by atoms with van der Waals surface area (Å²) in [4.78, 5) is 0. The first-order chi connectivity index (χ1) is 8.39. The molecule has 0 aliphatic heterocycles. The van der Waals surface area contributed by atoms with Crippen molar-refractivity contribution in [2.75, 3.05) is 11.6 Å². The second kappa shape index (κ2) is 5.39. The maximum atomic E-state index is 11.7. The van der Waals surface area contributed by atoms with E-state index in [2.05, 4.69) is 21.2 Å². The second-order valence-corrected chi connectivity index (χ2v) is 8.12. The number of anilines is 1. The van der Waals surface area contributed by atoms with E-state index in [0.717, 1.165) is 29.4 Å². The van der Waals surface area contributed by atoms with Gasteiger partial charge in [-0.1, -0.05) is 17.7 Å². The lowest BCUT2D eigenvalue weighted by atomic mass is 10.2. The van der Waals surface area contributed by atoms with Crippen molar-refractivity contribution in [3.63, 3.8) is 0 Å². The van der Waals surface area contributed by atoms with Crippen LogP contribution in [0.4, 0.5) is 5.69 Å². The van der Waals surface area contributed by atoms with Crippen LogP contribution in [0.1, 0.15) is 19.3 Å².